The molecule has 0 fully saturated rings. The molecule has 138 valence electrons. The van der Waals surface area contributed by atoms with E-state index in [0.29, 0.717) is 22.3 Å². The van der Waals surface area contributed by atoms with Crippen molar-refractivity contribution in [3.05, 3.63) is 99.6 Å². The number of aromatic hydroxyl groups is 1. The van der Waals surface area contributed by atoms with E-state index in [2.05, 4.69) is 0 Å². The average Bonchev–Trinajstić information content (AvgIpc) is 2.68. The Morgan fingerprint density at radius 2 is 1.68 bits per heavy atom. The van der Waals surface area contributed by atoms with Crippen LogP contribution in [0, 0.1) is 13.8 Å². The minimum atomic E-state index is -0.116. The Labute approximate surface area is 163 Å². The molecule has 4 aromatic rings. The SMILES string of the molecule is Cc1ccc(-n2c(C=Cc3ccccc3O)nc3ccccc3c2=O)c(C)c1. The maximum Gasteiger partial charge on any atom is 0.266 e. The molecule has 1 N–H and O–H groups in total. The third kappa shape index (κ3) is 3.21. The van der Waals surface area contributed by atoms with Gasteiger partial charge in [0.25, 0.3) is 5.56 Å². The van der Waals surface area contributed by atoms with Crippen LogP contribution in [-0.2, 0) is 0 Å². The van der Waals surface area contributed by atoms with Gasteiger partial charge in [0.15, 0.2) is 0 Å². The topological polar surface area (TPSA) is 55.1 Å². The molecule has 3 aromatic carbocycles. The predicted octanol–water partition coefficient (Wildman–Crippen LogP) is 4.88. The van der Waals surface area contributed by atoms with Crippen molar-refractivity contribution in [2.24, 2.45) is 0 Å². The van der Waals surface area contributed by atoms with Crippen LogP contribution in [0.1, 0.15) is 22.5 Å². The summed E-state index contributed by atoms with van der Waals surface area (Å²) in [5, 5.41) is 10.6. The van der Waals surface area contributed by atoms with E-state index in [1.807, 2.05) is 62.4 Å². The average molecular weight is 368 g/mol. The molecule has 1 heterocycles. The van der Waals surface area contributed by atoms with E-state index in [0.717, 1.165) is 16.8 Å². The van der Waals surface area contributed by atoms with Crippen molar-refractivity contribution in [3.8, 4) is 11.4 Å². The zero-order valence-corrected chi connectivity index (χ0v) is 15.8. The highest BCUT2D eigenvalue weighted by Crippen LogP contribution is 2.21. The van der Waals surface area contributed by atoms with Crippen molar-refractivity contribution in [2.75, 3.05) is 0 Å². The first-order chi connectivity index (χ1) is 13.5. The molecule has 4 rings (SSSR count). The molecular weight excluding hydrogens is 348 g/mol. The molecule has 28 heavy (non-hydrogen) atoms. The molecule has 0 atom stereocenters. The van der Waals surface area contributed by atoms with E-state index >= 15 is 0 Å². The number of aromatic nitrogens is 2. The molecule has 0 aliphatic heterocycles. The number of para-hydroxylation sites is 2. The van der Waals surface area contributed by atoms with Gasteiger partial charge >= 0.3 is 0 Å². The molecule has 4 heteroatoms. The van der Waals surface area contributed by atoms with Crippen LogP contribution in [-0.4, -0.2) is 14.7 Å². The number of nitrogens with zero attached hydrogens (tertiary/aromatic N) is 2. The molecule has 1 aromatic heterocycles. The largest absolute Gasteiger partial charge is 0.507 e. The second kappa shape index (κ2) is 7.16. The van der Waals surface area contributed by atoms with Crippen LogP contribution in [0.5, 0.6) is 5.75 Å². The molecule has 0 aliphatic carbocycles. The fourth-order valence-electron chi connectivity index (χ4n) is 3.34. The van der Waals surface area contributed by atoms with Crippen LogP contribution in [0.2, 0.25) is 0 Å². The lowest BCUT2D eigenvalue weighted by molar-refractivity contribution is 0.474. The summed E-state index contributed by atoms with van der Waals surface area (Å²) in [7, 11) is 0. The Kier molecular flexibility index (Phi) is 4.53. The van der Waals surface area contributed by atoms with E-state index < -0.39 is 0 Å². The quantitative estimate of drug-likeness (QED) is 0.561. The Hall–Kier alpha value is -3.66. The van der Waals surface area contributed by atoms with Crippen molar-refractivity contribution in [1.82, 2.24) is 9.55 Å². The number of hydrogen-bond acceptors (Lipinski definition) is 3. The van der Waals surface area contributed by atoms with Gasteiger partial charge in [0.2, 0.25) is 0 Å². The minimum absolute atomic E-state index is 0.116. The van der Waals surface area contributed by atoms with Gasteiger partial charge in [-0.3, -0.25) is 9.36 Å². The number of rotatable bonds is 3. The first kappa shape index (κ1) is 17.7. The fraction of sp³-hybridized carbons (Fsp3) is 0.0833. The molecule has 0 aliphatic rings. The molecule has 0 amide bonds. The molecule has 0 saturated carbocycles. The van der Waals surface area contributed by atoms with Crippen LogP contribution in [0.4, 0.5) is 0 Å². The third-order valence-electron chi connectivity index (χ3n) is 4.74. The summed E-state index contributed by atoms with van der Waals surface area (Å²) < 4.78 is 1.63. The normalized spacial score (nSPS) is 11.4. The molecular formula is C24H20N2O2. The van der Waals surface area contributed by atoms with Gasteiger partial charge in [-0.15, -0.1) is 0 Å². The van der Waals surface area contributed by atoms with Crippen molar-refractivity contribution in [1.29, 1.82) is 0 Å². The van der Waals surface area contributed by atoms with Gasteiger partial charge in [0.1, 0.15) is 11.6 Å². The van der Waals surface area contributed by atoms with Crippen LogP contribution in [0.25, 0.3) is 28.7 Å². The Morgan fingerprint density at radius 3 is 2.46 bits per heavy atom. The number of phenolic OH excluding ortho intramolecular Hbond substituents is 1. The number of phenols is 1. The summed E-state index contributed by atoms with van der Waals surface area (Å²) in [6.45, 7) is 4.01. The van der Waals surface area contributed by atoms with Crippen LogP contribution >= 0.6 is 0 Å². The number of aryl methyl sites for hydroxylation is 2. The Balaban J connectivity index is 1.99. The lowest BCUT2D eigenvalue weighted by Gasteiger charge is -2.14. The van der Waals surface area contributed by atoms with E-state index in [1.165, 1.54) is 0 Å². The zero-order valence-electron chi connectivity index (χ0n) is 15.8. The van der Waals surface area contributed by atoms with Gasteiger partial charge in [0, 0.05) is 5.56 Å². The highest BCUT2D eigenvalue weighted by molar-refractivity contribution is 5.80. The summed E-state index contributed by atoms with van der Waals surface area (Å²) in [6, 6.07) is 20.4. The molecule has 0 bridgehead atoms. The van der Waals surface area contributed by atoms with E-state index in [4.69, 9.17) is 4.98 Å². The summed E-state index contributed by atoms with van der Waals surface area (Å²) in [6.07, 6.45) is 3.54. The third-order valence-corrected chi connectivity index (χ3v) is 4.74. The Morgan fingerprint density at radius 1 is 0.929 bits per heavy atom. The van der Waals surface area contributed by atoms with Crippen LogP contribution in [0.15, 0.2) is 71.5 Å². The molecule has 4 nitrogen and oxygen atoms in total. The highest BCUT2D eigenvalue weighted by atomic mass is 16.3. The predicted molar refractivity (Wildman–Crippen MR) is 114 cm³/mol. The Bertz CT molecular complexity index is 1270. The van der Waals surface area contributed by atoms with Gasteiger partial charge in [0.05, 0.1) is 16.6 Å². The van der Waals surface area contributed by atoms with Crippen LogP contribution < -0.4 is 5.56 Å². The second-order valence-electron chi connectivity index (χ2n) is 6.81. The van der Waals surface area contributed by atoms with E-state index in [1.54, 1.807) is 34.9 Å². The summed E-state index contributed by atoms with van der Waals surface area (Å²) >= 11 is 0. The number of fused-ring (bicyclic) bond motifs is 1. The first-order valence-corrected chi connectivity index (χ1v) is 9.10. The van der Waals surface area contributed by atoms with Gasteiger partial charge in [-0.05, 0) is 55.8 Å². The summed E-state index contributed by atoms with van der Waals surface area (Å²) in [5.41, 5.74) is 4.12. The standard InChI is InChI=1S/C24H20N2O2/c1-16-11-13-21(17(2)15-16)26-23(14-12-18-7-3-6-10-22(18)27)25-20-9-5-4-8-19(20)24(26)28/h3-15,27H,1-2H3. The first-order valence-electron chi connectivity index (χ1n) is 9.10. The van der Waals surface area contributed by atoms with Crippen molar-refractivity contribution in [3.63, 3.8) is 0 Å². The smallest absolute Gasteiger partial charge is 0.266 e. The molecule has 0 saturated heterocycles. The maximum absolute atomic E-state index is 13.3. The lowest BCUT2D eigenvalue weighted by Crippen LogP contribution is -2.23. The second-order valence-corrected chi connectivity index (χ2v) is 6.81. The summed E-state index contributed by atoms with van der Waals surface area (Å²) in [4.78, 5) is 18.0. The number of hydrogen-bond donors (Lipinski definition) is 1. The van der Waals surface area contributed by atoms with Gasteiger partial charge < -0.3 is 5.11 Å². The van der Waals surface area contributed by atoms with Gasteiger partial charge in [-0.2, -0.15) is 0 Å². The highest BCUT2D eigenvalue weighted by Gasteiger charge is 2.13. The number of benzene rings is 3. The monoisotopic (exact) mass is 368 g/mol. The van der Waals surface area contributed by atoms with Crippen molar-refractivity contribution >= 4 is 23.1 Å². The zero-order chi connectivity index (χ0) is 19.7. The van der Waals surface area contributed by atoms with E-state index in [9.17, 15) is 9.90 Å². The van der Waals surface area contributed by atoms with Gasteiger partial charge in [-0.25, -0.2) is 4.98 Å². The molecule has 0 unspecified atom stereocenters. The van der Waals surface area contributed by atoms with Crippen molar-refractivity contribution < 1.29 is 5.11 Å². The van der Waals surface area contributed by atoms with Gasteiger partial charge in [-0.1, -0.05) is 48.0 Å². The lowest BCUT2D eigenvalue weighted by atomic mass is 10.1. The fourth-order valence-corrected chi connectivity index (χ4v) is 3.34. The molecule has 0 spiro atoms. The minimum Gasteiger partial charge on any atom is -0.507 e. The summed E-state index contributed by atoms with van der Waals surface area (Å²) in [5.74, 6) is 0.693. The molecule has 0 radical (unpaired) electrons. The van der Waals surface area contributed by atoms with Crippen molar-refractivity contribution in [2.45, 2.75) is 13.8 Å². The van der Waals surface area contributed by atoms with E-state index in [-0.39, 0.29) is 11.3 Å². The van der Waals surface area contributed by atoms with Crippen LogP contribution in [0.3, 0.4) is 0 Å². The maximum atomic E-state index is 13.3.